The molecule has 1 N–H and O–H groups in total. The monoisotopic (exact) mass is 431 g/mol. The Kier molecular flexibility index (Phi) is 6.38. The number of carbonyl (C=O) groups excluding carboxylic acids is 1. The number of carbonyl (C=O) groups is 1. The minimum absolute atomic E-state index is 0.269. The first-order chi connectivity index (χ1) is 15.2. The van der Waals surface area contributed by atoms with E-state index in [9.17, 15) is 4.79 Å². The first kappa shape index (κ1) is 20.8. The summed E-state index contributed by atoms with van der Waals surface area (Å²) in [4.78, 5) is 17.2. The highest BCUT2D eigenvalue weighted by Crippen LogP contribution is 2.25. The van der Waals surface area contributed by atoms with E-state index in [-0.39, 0.29) is 11.6 Å². The number of amides is 1. The van der Waals surface area contributed by atoms with Gasteiger partial charge in [0.25, 0.3) is 5.91 Å². The van der Waals surface area contributed by atoms with Gasteiger partial charge in [-0.1, -0.05) is 48.0 Å². The molecule has 4 aromatic rings. The second-order valence-corrected chi connectivity index (χ2v) is 7.53. The molecule has 0 fully saturated rings. The molecule has 0 radical (unpaired) electrons. The first-order valence-electron chi connectivity index (χ1n) is 10.1. The molecule has 0 saturated carbocycles. The summed E-state index contributed by atoms with van der Waals surface area (Å²) in [7, 11) is 0. The Morgan fingerprint density at radius 2 is 1.90 bits per heavy atom. The smallest absolute Gasteiger partial charge is 0.274 e. The summed E-state index contributed by atoms with van der Waals surface area (Å²) in [5, 5.41) is 12.2. The Hall–Kier alpha value is -3.51. The van der Waals surface area contributed by atoms with Crippen LogP contribution in [0.3, 0.4) is 0 Å². The van der Waals surface area contributed by atoms with Crippen LogP contribution in [-0.2, 0) is 12.8 Å². The Bertz CT molecular complexity index is 1170. The fraction of sp³-hybridized carbons (Fsp3) is 0.167. The number of aromatic nitrogens is 4. The van der Waals surface area contributed by atoms with Gasteiger partial charge in [0.05, 0.1) is 5.69 Å². The van der Waals surface area contributed by atoms with Gasteiger partial charge in [-0.25, -0.2) is 4.68 Å². The van der Waals surface area contributed by atoms with E-state index in [1.54, 1.807) is 17.1 Å². The van der Waals surface area contributed by atoms with Crippen LogP contribution in [0.2, 0.25) is 5.02 Å². The molecule has 2 aromatic carbocycles. The van der Waals surface area contributed by atoms with Gasteiger partial charge in [0.2, 0.25) is 0 Å². The number of hydrogen-bond donors (Lipinski definition) is 1. The predicted octanol–water partition coefficient (Wildman–Crippen LogP) is 4.52. The Morgan fingerprint density at radius 3 is 2.65 bits per heavy atom. The molecule has 0 saturated heterocycles. The molecule has 2 heterocycles. The minimum Gasteiger partial charge on any atom is -0.350 e. The lowest BCUT2D eigenvalue weighted by Gasteiger charge is -2.10. The van der Waals surface area contributed by atoms with Crippen LogP contribution in [0.5, 0.6) is 0 Å². The van der Waals surface area contributed by atoms with E-state index in [0.717, 1.165) is 23.2 Å². The van der Waals surface area contributed by atoms with Gasteiger partial charge in [0.1, 0.15) is 5.69 Å². The van der Waals surface area contributed by atoms with Crippen molar-refractivity contribution in [2.75, 3.05) is 6.54 Å². The van der Waals surface area contributed by atoms with Crippen molar-refractivity contribution in [3.05, 3.63) is 94.9 Å². The molecule has 0 aliphatic heterocycles. The maximum Gasteiger partial charge on any atom is 0.274 e. The summed E-state index contributed by atoms with van der Waals surface area (Å²) in [6.07, 6.45) is 5.01. The third-order valence-corrected chi connectivity index (χ3v) is 5.25. The molecule has 7 heteroatoms. The number of hydrogen-bond acceptors (Lipinski definition) is 4. The van der Waals surface area contributed by atoms with Gasteiger partial charge >= 0.3 is 0 Å². The molecule has 2 aromatic heterocycles. The van der Waals surface area contributed by atoms with Crippen LogP contribution in [0.25, 0.3) is 16.9 Å². The third kappa shape index (κ3) is 4.81. The fourth-order valence-electron chi connectivity index (χ4n) is 3.34. The molecule has 31 heavy (non-hydrogen) atoms. The minimum atomic E-state index is -0.272. The quantitative estimate of drug-likeness (QED) is 0.467. The Morgan fingerprint density at radius 1 is 1.06 bits per heavy atom. The van der Waals surface area contributed by atoms with Crippen LogP contribution in [0.1, 0.15) is 28.5 Å². The molecule has 0 unspecified atom stereocenters. The molecule has 0 spiro atoms. The highest BCUT2D eigenvalue weighted by atomic mass is 35.5. The largest absolute Gasteiger partial charge is 0.350 e. The summed E-state index contributed by atoms with van der Waals surface area (Å²) in [5.41, 5.74) is 4.79. The van der Waals surface area contributed by atoms with Crippen LogP contribution < -0.4 is 5.32 Å². The lowest BCUT2D eigenvalue weighted by molar-refractivity contribution is 0.0949. The number of aryl methyl sites for hydroxylation is 1. The zero-order chi connectivity index (χ0) is 21.6. The fourth-order valence-corrected chi connectivity index (χ4v) is 3.47. The zero-order valence-corrected chi connectivity index (χ0v) is 17.9. The van der Waals surface area contributed by atoms with Gasteiger partial charge in [-0.3, -0.25) is 9.78 Å². The molecule has 156 valence electrons. The maximum absolute atomic E-state index is 13.0. The number of pyridine rings is 1. The molecule has 4 rings (SSSR count). The van der Waals surface area contributed by atoms with Gasteiger partial charge in [-0.05, 0) is 60.4 Å². The number of rotatable bonds is 7. The summed E-state index contributed by atoms with van der Waals surface area (Å²) >= 11 is 5.93. The second kappa shape index (κ2) is 9.53. The van der Waals surface area contributed by atoms with E-state index in [0.29, 0.717) is 23.7 Å². The number of nitrogens with zero attached hydrogens (tertiary/aromatic N) is 4. The van der Waals surface area contributed by atoms with E-state index in [1.165, 1.54) is 5.56 Å². The Balaban J connectivity index is 1.61. The summed E-state index contributed by atoms with van der Waals surface area (Å²) < 4.78 is 1.70. The first-order valence-corrected chi connectivity index (χ1v) is 10.5. The van der Waals surface area contributed by atoms with Crippen molar-refractivity contribution in [3.63, 3.8) is 0 Å². The molecule has 6 nitrogen and oxygen atoms in total. The van der Waals surface area contributed by atoms with Gasteiger partial charge in [0.15, 0.2) is 5.69 Å². The van der Waals surface area contributed by atoms with E-state index < -0.39 is 0 Å². The van der Waals surface area contributed by atoms with Crippen molar-refractivity contribution in [3.8, 4) is 16.9 Å². The van der Waals surface area contributed by atoms with Crippen LogP contribution in [-0.4, -0.2) is 32.4 Å². The second-order valence-electron chi connectivity index (χ2n) is 7.10. The highest BCUT2D eigenvalue weighted by molar-refractivity contribution is 6.30. The van der Waals surface area contributed by atoms with Crippen LogP contribution in [0, 0.1) is 0 Å². The van der Waals surface area contributed by atoms with Crippen molar-refractivity contribution in [2.45, 2.75) is 19.8 Å². The van der Waals surface area contributed by atoms with Crippen molar-refractivity contribution in [1.82, 2.24) is 25.3 Å². The van der Waals surface area contributed by atoms with Crippen LogP contribution in [0.4, 0.5) is 0 Å². The topological polar surface area (TPSA) is 72.7 Å². The summed E-state index contributed by atoms with van der Waals surface area (Å²) in [6, 6.07) is 19.4. The SMILES string of the molecule is CCc1cccc(-n2nnc(C(=O)NCCc3ccc(Cl)cc3)c2-c2cccnc2)c1. The normalized spacial score (nSPS) is 10.8. The molecular formula is C24H22ClN5O. The third-order valence-electron chi connectivity index (χ3n) is 5.00. The average Bonchev–Trinajstić information content (AvgIpc) is 3.26. The van der Waals surface area contributed by atoms with E-state index in [1.807, 2.05) is 48.5 Å². The molecule has 1 amide bonds. The molecular weight excluding hydrogens is 410 g/mol. The zero-order valence-electron chi connectivity index (χ0n) is 17.1. The Labute approximate surface area is 185 Å². The van der Waals surface area contributed by atoms with E-state index in [2.05, 4.69) is 39.7 Å². The molecule has 0 aliphatic carbocycles. The number of halogens is 1. The number of benzene rings is 2. The summed E-state index contributed by atoms with van der Waals surface area (Å²) in [6.45, 7) is 2.58. The lowest BCUT2D eigenvalue weighted by Crippen LogP contribution is -2.26. The predicted molar refractivity (Wildman–Crippen MR) is 121 cm³/mol. The highest BCUT2D eigenvalue weighted by Gasteiger charge is 2.22. The van der Waals surface area contributed by atoms with Gasteiger partial charge in [-0.15, -0.1) is 5.10 Å². The molecule has 0 atom stereocenters. The molecule has 0 aliphatic rings. The van der Waals surface area contributed by atoms with Crippen LogP contribution >= 0.6 is 11.6 Å². The van der Waals surface area contributed by atoms with Crippen molar-refractivity contribution in [2.24, 2.45) is 0 Å². The van der Waals surface area contributed by atoms with Crippen molar-refractivity contribution >= 4 is 17.5 Å². The lowest BCUT2D eigenvalue weighted by atomic mass is 10.1. The van der Waals surface area contributed by atoms with Gasteiger partial charge in [0, 0.05) is 29.5 Å². The van der Waals surface area contributed by atoms with E-state index >= 15 is 0 Å². The maximum atomic E-state index is 13.0. The average molecular weight is 432 g/mol. The van der Waals surface area contributed by atoms with Crippen molar-refractivity contribution in [1.29, 1.82) is 0 Å². The standard InChI is InChI=1S/C24H22ClN5O/c1-2-17-5-3-7-21(15-17)30-23(19-6-4-13-26-16-19)22(28-29-30)24(31)27-14-12-18-8-10-20(25)11-9-18/h3-11,13,15-16H,2,12,14H2,1H3,(H,27,31). The summed E-state index contributed by atoms with van der Waals surface area (Å²) in [5.74, 6) is -0.272. The van der Waals surface area contributed by atoms with Crippen molar-refractivity contribution < 1.29 is 4.79 Å². The van der Waals surface area contributed by atoms with Gasteiger partial charge < -0.3 is 5.32 Å². The molecule has 0 bridgehead atoms. The number of nitrogens with one attached hydrogen (secondary N) is 1. The van der Waals surface area contributed by atoms with Crippen LogP contribution in [0.15, 0.2) is 73.1 Å². The van der Waals surface area contributed by atoms with Gasteiger partial charge in [-0.2, -0.15) is 0 Å². The van der Waals surface area contributed by atoms with E-state index in [4.69, 9.17) is 11.6 Å².